The monoisotopic (exact) mass is 397 g/mol. The van der Waals surface area contributed by atoms with Gasteiger partial charge in [-0.15, -0.1) is 13.2 Å². The molecule has 0 atom stereocenters. The van der Waals surface area contributed by atoms with E-state index in [1.807, 2.05) is 0 Å². The van der Waals surface area contributed by atoms with Gasteiger partial charge in [-0.1, -0.05) is 25.0 Å². The Labute approximate surface area is 157 Å². The van der Waals surface area contributed by atoms with E-state index in [1.54, 1.807) is 6.07 Å². The van der Waals surface area contributed by atoms with Gasteiger partial charge in [-0.05, 0) is 30.5 Å². The van der Waals surface area contributed by atoms with Crippen LogP contribution in [-0.2, 0) is 12.0 Å². The van der Waals surface area contributed by atoms with E-state index in [-0.39, 0.29) is 12.3 Å². The van der Waals surface area contributed by atoms with Crippen LogP contribution >= 0.6 is 0 Å². The molecule has 3 rings (SSSR count). The number of halogens is 3. The lowest BCUT2D eigenvalue weighted by atomic mass is 9.78. The number of aromatic nitrogens is 1. The molecule has 1 saturated carbocycles. The van der Waals surface area contributed by atoms with Crippen LogP contribution in [0.4, 0.5) is 13.2 Å². The zero-order chi connectivity index (χ0) is 20.5. The third-order valence-electron chi connectivity index (χ3n) is 5.02. The quantitative estimate of drug-likeness (QED) is 0.804. The van der Waals surface area contributed by atoms with E-state index in [2.05, 4.69) is 4.74 Å². The minimum absolute atomic E-state index is 0.205. The maximum atomic E-state index is 12.6. The SMILES string of the molecule is O=C(O)c1cn(CC2(c3cccc(OC(F)(F)F)c3)CCCC2)cc(O)c1=O. The second-order valence-electron chi connectivity index (χ2n) is 6.93. The molecular weight excluding hydrogens is 379 g/mol. The topological polar surface area (TPSA) is 88.8 Å². The van der Waals surface area contributed by atoms with Crippen LogP contribution in [0.3, 0.4) is 0 Å². The number of benzene rings is 1. The number of hydrogen-bond donors (Lipinski definition) is 2. The van der Waals surface area contributed by atoms with E-state index in [0.717, 1.165) is 25.2 Å². The summed E-state index contributed by atoms with van der Waals surface area (Å²) < 4.78 is 43.1. The second-order valence-corrected chi connectivity index (χ2v) is 6.93. The summed E-state index contributed by atoms with van der Waals surface area (Å²) in [5.74, 6) is -2.48. The molecule has 0 saturated heterocycles. The second kappa shape index (κ2) is 7.21. The molecule has 1 aromatic carbocycles. The first-order valence-corrected chi connectivity index (χ1v) is 8.62. The van der Waals surface area contributed by atoms with Gasteiger partial charge in [0, 0.05) is 24.4 Å². The third-order valence-corrected chi connectivity index (χ3v) is 5.02. The van der Waals surface area contributed by atoms with Crippen molar-refractivity contribution < 1.29 is 32.9 Å². The summed E-state index contributed by atoms with van der Waals surface area (Å²) >= 11 is 0. The highest BCUT2D eigenvalue weighted by molar-refractivity contribution is 5.87. The normalized spacial score (nSPS) is 16.1. The molecule has 1 aromatic heterocycles. The summed E-state index contributed by atoms with van der Waals surface area (Å²) in [4.78, 5) is 23.0. The molecule has 1 aliphatic rings. The van der Waals surface area contributed by atoms with Gasteiger partial charge < -0.3 is 19.5 Å². The van der Waals surface area contributed by atoms with Gasteiger partial charge in [0.2, 0.25) is 5.43 Å². The number of aromatic hydroxyl groups is 1. The Balaban J connectivity index is 2.00. The number of ether oxygens (including phenoxy) is 1. The Morgan fingerprint density at radius 2 is 1.89 bits per heavy atom. The lowest BCUT2D eigenvalue weighted by Gasteiger charge is -2.31. The molecule has 150 valence electrons. The Kier molecular flexibility index (Phi) is 5.10. The van der Waals surface area contributed by atoms with E-state index < -0.39 is 34.5 Å². The minimum atomic E-state index is -4.80. The molecule has 0 spiro atoms. The van der Waals surface area contributed by atoms with E-state index in [0.29, 0.717) is 18.4 Å². The number of rotatable bonds is 5. The smallest absolute Gasteiger partial charge is 0.503 e. The zero-order valence-corrected chi connectivity index (χ0v) is 14.7. The lowest BCUT2D eigenvalue weighted by molar-refractivity contribution is -0.274. The third kappa shape index (κ3) is 4.13. The average molecular weight is 397 g/mol. The van der Waals surface area contributed by atoms with E-state index in [4.69, 9.17) is 5.11 Å². The highest BCUT2D eigenvalue weighted by atomic mass is 19.4. The van der Waals surface area contributed by atoms with Gasteiger partial charge in [0.1, 0.15) is 11.3 Å². The molecule has 2 aromatic rings. The number of aromatic carboxylic acids is 1. The first kappa shape index (κ1) is 19.8. The number of nitrogens with zero attached hydrogens (tertiary/aromatic N) is 1. The molecule has 6 nitrogen and oxygen atoms in total. The van der Waals surface area contributed by atoms with Gasteiger partial charge in [0.25, 0.3) is 0 Å². The highest BCUT2D eigenvalue weighted by Crippen LogP contribution is 2.43. The Hall–Kier alpha value is -2.97. The number of pyridine rings is 1. The van der Waals surface area contributed by atoms with Crippen molar-refractivity contribution in [2.75, 3.05) is 0 Å². The number of carbonyl (C=O) groups is 1. The Morgan fingerprint density at radius 1 is 1.21 bits per heavy atom. The molecule has 0 aliphatic heterocycles. The largest absolute Gasteiger partial charge is 0.573 e. The summed E-state index contributed by atoms with van der Waals surface area (Å²) in [5, 5.41) is 18.9. The van der Waals surface area contributed by atoms with Gasteiger partial charge in [0.15, 0.2) is 5.75 Å². The predicted molar refractivity (Wildman–Crippen MR) is 92.6 cm³/mol. The molecule has 9 heteroatoms. The van der Waals surface area contributed by atoms with Gasteiger partial charge >= 0.3 is 12.3 Å². The number of hydrogen-bond acceptors (Lipinski definition) is 4. The van der Waals surface area contributed by atoms with Crippen molar-refractivity contribution in [2.45, 2.75) is 44.0 Å². The Bertz CT molecular complexity index is 945. The first-order chi connectivity index (χ1) is 13.1. The average Bonchev–Trinajstić information content (AvgIpc) is 3.06. The molecule has 1 fully saturated rings. The molecule has 0 radical (unpaired) electrons. The molecule has 28 heavy (non-hydrogen) atoms. The standard InChI is InChI=1S/C19H18F3NO5/c20-19(21,22)28-13-5-3-4-12(8-13)18(6-1-2-7-18)11-23-9-14(17(26)27)16(25)15(24)10-23/h3-5,8-10,24H,1-2,6-7,11H2,(H,26,27). The van der Waals surface area contributed by atoms with Gasteiger partial charge in [-0.3, -0.25) is 4.79 Å². The molecule has 0 bridgehead atoms. The summed E-state index contributed by atoms with van der Waals surface area (Å²) in [5.41, 5.74) is -1.49. The minimum Gasteiger partial charge on any atom is -0.503 e. The zero-order valence-electron chi connectivity index (χ0n) is 14.7. The maximum absolute atomic E-state index is 12.6. The van der Waals surface area contributed by atoms with Crippen molar-refractivity contribution in [3.63, 3.8) is 0 Å². The highest BCUT2D eigenvalue weighted by Gasteiger charge is 2.37. The van der Waals surface area contributed by atoms with Crippen molar-refractivity contribution >= 4 is 5.97 Å². The van der Waals surface area contributed by atoms with Crippen LogP contribution in [0, 0.1) is 0 Å². The number of alkyl halides is 3. The molecule has 0 amide bonds. The lowest BCUT2D eigenvalue weighted by Crippen LogP contribution is -2.30. The number of carboxylic acid groups (broad SMARTS) is 1. The fourth-order valence-corrected chi connectivity index (χ4v) is 3.82. The molecule has 1 heterocycles. The van der Waals surface area contributed by atoms with E-state index >= 15 is 0 Å². The fourth-order valence-electron chi connectivity index (χ4n) is 3.82. The number of carboxylic acids is 1. The summed E-state index contributed by atoms with van der Waals surface area (Å²) in [6, 6.07) is 5.73. The van der Waals surface area contributed by atoms with Crippen molar-refractivity contribution in [3.8, 4) is 11.5 Å². The fraction of sp³-hybridized carbons (Fsp3) is 0.368. The summed E-state index contributed by atoms with van der Waals surface area (Å²) in [7, 11) is 0. The maximum Gasteiger partial charge on any atom is 0.573 e. The van der Waals surface area contributed by atoms with Crippen molar-refractivity contribution in [1.29, 1.82) is 0 Å². The molecule has 0 unspecified atom stereocenters. The van der Waals surface area contributed by atoms with E-state index in [1.165, 1.54) is 22.8 Å². The first-order valence-electron chi connectivity index (χ1n) is 8.62. The molecule has 2 N–H and O–H groups in total. The van der Waals surface area contributed by atoms with E-state index in [9.17, 15) is 27.9 Å². The summed E-state index contributed by atoms with van der Waals surface area (Å²) in [6.45, 7) is 0.205. The summed E-state index contributed by atoms with van der Waals surface area (Å²) in [6.07, 6.45) is 0.508. The van der Waals surface area contributed by atoms with Crippen LogP contribution < -0.4 is 10.2 Å². The van der Waals surface area contributed by atoms with Gasteiger partial charge in [-0.25, -0.2) is 4.79 Å². The van der Waals surface area contributed by atoms with Gasteiger partial charge in [-0.2, -0.15) is 0 Å². The van der Waals surface area contributed by atoms with Crippen molar-refractivity contribution in [1.82, 2.24) is 4.57 Å². The molecular formula is C19H18F3NO5. The predicted octanol–water partition coefficient (Wildman–Crippen LogP) is 3.66. The molecule has 1 aliphatic carbocycles. The Morgan fingerprint density at radius 3 is 2.50 bits per heavy atom. The van der Waals surface area contributed by atoms with Crippen LogP contribution in [0.1, 0.15) is 41.6 Å². The van der Waals surface area contributed by atoms with Gasteiger partial charge in [0.05, 0.1) is 0 Å². The van der Waals surface area contributed by atoms with Crippen LogP contribution in [0.25, 0.3) is 0 Å². The van der Waals surface area contributed by atoms with Crippen LogP contribution in [-0.4, -0.2) is 27.1 Å². The van der Waals surface area contributed by atoms with Crippen molar-refractivity contribution in [2.24, 2.45) is 0 Å². The van der Waals surface area contributed by atoms with Crippen LogP contribution in [0.5, 0.6) is 11.5 Å². The van der Waals surface area contributed by atoms with Crippen LogP contribution in [0.15, 0.2) is 41.5 Å². The van der Waals surface area contributed by atoms with Crippen LogP contribution in [0.2, 0.25) is 0 Å². The van der Waals surface area contributed by atoms with Crippen molar-refractivity contribution in [3.05, 3.63) is 58.0 Å².